The summed E-state index contributed by atoms with van der Waals surface area (Å²) in [5, 5.41) is 0. The second kappa shape index (κ2) is 2.12. The van der Waals surface area contributed by atoms with E-state index in [0.717, 1.165) is 0 Å². The normalized spacial score (nSPS) is 11.8. The molecule has 0 heterocycles. The summed E-state index contributed by atoms with van der Waals surface area (Å²) in [4.78, 5) is 0. The van der Waals surface area contributed by atoms with E-state index in [4.69, 9.17) is 0 Å². The molecule has 0 aliphatic heterocycles. The average Bonchev–Trinajstić information content (AvgIpc) is 0.722. The summed E-state index contributed by atoms with van der Waals surface area (Å²) in [5.74, 6) is 0. The molecule has 1 nitrogen and oxygen atoms in total. The molecule has 4 heteroatoms. The van der Waals surface area contributed by atoms with Crippen LogP contribution in [0.3, 0.4) is 0 Å². The van der Waals surface area contributed by atoms with E-state index in [9.17, 15) is 4.57 Å². The van der Waals surface area contributed by atoms with Crippen LogP contribution >= 0.6 is 46.5 Å². The molecule has 0 aliphatic rings. The fraction of sp³-hybridized carbons (Fsp3) is 1.00. The smallest absolute Gasteiger partial charge is 0.195 e. The van der Waals surface area contributed by atoms with Crippen LogP contribution < -0.4 is 0 Å². The van der Waals surface area contributed by atoms with Gasteiger partial charge in [-0.1, -0.05) is 0 Å². The van der Waals surface area contributed by atoms with Crippen molar-refractivity contribution in [2.24, 2.45) is 0 Å². The molecule has 0 amide bonds. The van der Waals surface area contributed by atoms with Crippen molar-refractivity contribution in [2.45, 2.75) is 0 Å². The van der Waals surface area contributed by atoms with Crippen LogP contribution in [-0.2, 0) is 4.57 Å². The third kappa shape index (κ3) is 27.1. The van der Waals surface area contributed by atoms with Gasteiger partial charge < -0.3 is 4.57 Å². The lowest BCUT2D eigenvalue weighted by Crippen LogP contribution is -1.33. The van der Waals surface area contributed by atoms with Gasteiger partial charge in [0, 0.05) is 50.7 Å². The van der Waals surface area contributed by atoms with Gasteiger partial charge >= 0.3 is 0 Å². The minimum atomic E-state index is -1.70. The van der Waals surface area contributed by atoms with Gasteiger partial charge in [-0.2, -0.15) is 0 Å². The molecular weight excluding hydrogens is 313 g/mol. The van der Waals surface area contributed by atoms with Crippen LogP contribution in [0.1, 0.15) is 0 Å². The largest absolute Gasteiger partial charge is 0.302 e. The first kappa shape index (κ1) is 6.69. The summed E-state index contributed by atoms with van der Waals surface area (Å²) >= 11 is 3.84. The molecule has 0 radical (unpaired) electrons. The van der Waals surface area contributed by atoms with E-state index in [1.165, 1.54) is 0 Å². The van der Waals surface area contributed by atoms with Gasteiger partial charge in [-0.25, -0.2) is 0 Å². The van der Waals surface area contributed by atoms with Crippen molar-refractivity contribution in [3.63, 3.8) is 0 Å². The molecule has 0 aliphatic carbocycles. The topological polar surface area (TPSA) is 17.1 Å². The lowest BCUT2D eigenvalue weighted by molar-refractivity contribution is 0.599. The zero-order chi connectivity index (χ0) is 4.50. The fourth-order valence-corrected chi connectivity index (χ4v) is 0. The van der Waals surface area contributed by atoms with Gasteiger partial charge in [0.25, 0.3) is 0 Å². The summed E-state index contributed by atoms with van der Waals surface area (Å²) in [5.41, 5.74) is 0. The Kier molecular flexibility index (Phi) is 2.83. The molecule has 32 valence electrons. The van der Waals surface area contributed by atoms with E-state index in [0.29, 0.717) is 0 Å². The highest BCUT2D eigenvalue weighted by Gasteiger charge is 1.96. The van der Waals surface area contributed by atoms with Crippen LogP contribution in [0.5, 0.6) is 0 Å². The predicted molar refractivity (Wildman–Crippen MR) is 41.6 cm³/mol. The van der Waals surface area contributed by atoms with E-state index in [1.807, 2.05) is 44.1 Å². The lowest BCUT2D eigenvalue weighted by atomic mass is 12.0. The Hall–Kier alpha value is 1.69. The Labute approximate surface area is 57.2 Å². The molecule has 0 atom stereocenters. The standard InChI is InChI=1S/CH3I2OP/c1-5(2,3)4/h1H3. The predicted octanol–water partition coefficient (Wildman–Crippen LogP) is 2.68. The molecule has 0 spiro atoms. The van der Waals surface area contributed by atoms with Crippen LogP contribution in [0, 0.1) is 0 Å². The lowest BCUT2D eigenvalue weighted by Gasteiger charge is -1.80. The molecule has 0 rings (SSSR count). The molecule has 0 saturated carbocycles. The van der Waals surface area contributed by atoms with Gasteiger partial charge in [-0.15, -0.1) is 0 Å². The molecule has 0 saturated heterocycles. The van der Waals surface area contributed by atoms with Crippen molar-refractivity contribution in [2.75, 3.05) is 6.66 Å². The third-order valence-electron chi connectivity index (χ3n) is 0. The van der Waals surface area contributed by atoms with E-state index in [1.54, 1.807) is 6.66 Å². The van der Waals surface area contributed by atoms with E-state index >= 15 is 0 Å². The molecule has 0 unspecified atom stereocenters. The van der Waals surface area contributed by atoms with Gasteiger partial charge in [0.1, 0.15) is 0 Å². The highest BCUT2D eigenvalue weighted by molar-refractivity contribution is 14.3. The van der Waals surface area contributed by atoms with Crippen molar-refractivity contribution >= 4 is 46.5 Å². The van der Waals surface area contributed by atoms with Crippen molar-refractivity contribution in [1.29, 1.82) is 0 Å². The van der Waals surface area contributed by atoms with Crippen LogP contribution in [0.2, 0.25) is 0 Å². The van der Waals surface area contributed by atoms with Gasteiger partial charge in [0.05, 0.1) is 0 Å². The first-order chi connectivity index (χ1) is 2.00. The molecule has 0 aromatic rings. The minimum Gasteiger partial charge on any atom is -0.302 e. The van der Waals surface area contributed by atoms with Gasteiger partial charge in [0.15, 0.2) is 2.43 Å². The van der Waals surface area contributed by atoms with Crippen molar-refractivity contribution in [1.82, 2.24) is 0 Å². The average molecular weight is 316 g/mol. The Morgan fingerprint density at radius 3 is 1.60 bits per heavy atom. The number of rotatable bonds is 0. The Bertz CT molecular complexity index is 55.8. The molecule has 0 N–H and O–H groups in total. The Balaban J connectivity index is 3.47. The summed E-state index contributed by atoms with van der Waals surface area (Å²) < 4.78 is 8.49. The molecule has 5 heavy (non-hydrogen) atoms. The third-order valence-corrected chi connectivity index (χ3v) is 0. The maximum Gasteiger partial charge on any atom is 0.195 e. The molecule has 0 bridgehead atoms. The minimum absolute atomic E-state index is 1.70. The SMILES string of the molecule is CP(=O)(I)I. The van der Waals surface area contributed by atoms with Crippen molar-refractivity contribution in [3.8, 4) is 0 Å². The highest BCUT2D eigenvalue weighted by Crippen LogP contribution is 2.58. The quantitative estimate of drug-likeness (QED) is 0.496. The molecule has 0 aromatic carbocycles. The summed E-state index contributed by atoms with van der Waals surface area (Å²) in [6, 6.07) is 0. The summed E-state index contributed by atoms with van der Waals surface area (Å²) in [7, 11) is 0. The second-order valence-corrected chi connectivity index (χ2v) is 18.8. The molecular formula is CH3I2OP. The van der Waals surface area contributed by atoms with Crippen LogP contribution in [-0.4, -0.2) is 6.66 Å². The monoisotopic (exact) mass is 316 g/mol. The highest BCUT2D eigenvalue weighted by atomic mass is 127. The van der Waals surface area contributed by atoms with E-state index in [-0.39, 0.29) is 0 Å². The van der Waals surface area contributed by atoms with Crippen molar-refractivity contribution in [3.05, 3.63) is 0 Å². The van der Waals surface area contributed by atoms with Crippen LogP contribution in [0.25, 0.3) is 0 Å². The molecule has 0 fully saturated rings. The number of halogens is 2. The first-order valence-corrected chi connectivity index (χ1v) is 8.69. The zero-order valence-electron chi connectivity index (χ0n) is 2.61. The Morgan fingerprint density at radius 1 is 1.60 bits per heavy atom. The van der Waals surface area contributed by atoms with Crippen LogP contribution in [0.4, 0.5) is 0 Å². The maximum atomic E-state index is 10.2. The second-order valence-electron chi connectivity index (χ2n) is 0.723. The van der Waals surface area contributed by atoms with Gasteiger partial charge in [-0.05, 0) is 0 Å². The Morgan fingerprint density at radius 2 is 1.60 bits per heavy atom. The first-order valence-electron chi connectivity index (χ1n) is 0.968. The van der Waals surface area contributed by atoms with Crippen LogP contribution in [0.15, 0.2) is 0 Å². The summed E-state index contributed by atoms with van der Waals surface area (Å²) in [6.45, 7) is 1.72. The summed E-state index contributed by atoms with van der Waals surface area (Å²) in [6.07, 6.45) is 0. The van der Waals surface area contributed by atoms with E-state index < -0.39 is 2.43 Å². The van der Waals surface area contributed by atoms with Crippen molar-refractivity contribution < 1.29 is 4.57 Å². The maximum absolute atomic E-state index is 10.2. The van der Waals surface area contributed by atoms with E-state index in [2.05, 4.69) is 0 Å². The van der Waals surface area contributed by atoms with Gasteiger partial charge in [0.2, 0.25) is 0 Å². The molecule has 0 aromatic heterocycles. The number of hydrogen-bond acceptors (Lipinski definition) is 1. The zero-order valence-corrected chi connectivity index (χ0v) is 7.82. The van der Waals surface area contributed by atoms with Gasteiger partial charge in [-0.3, -0.25) is 0 Å². The fourth-order valence-electron chi connectivity index (χ4n) is 0. The number of hydrogen-bond donors (Lipinski definition) is 0.